The van der Waals surface area contributed by atoms with Crippen LogP contribution in [-0.4, -0.2) is 23.8 Å². The second-order valence-electron chi connectivity index (χ2n) is 4.04. The number of aliphatic hydroxyl groups excluding tert-OH is 1. The van der Waals surface area contributed by atoms with E-state index < -0.39 is 0 Å². The minimum Gasteiger partial charge on any atom is -0.462 e. The predicted octanol–water partition coefficient (Wildman–Crippen LogP) is 1.51. The first-order valence-electron chi connectivity index (χ1n) is 5.08. The Morgan fingerprint density at radius 3 is 3.07 bits per heavy atom. The van der Waals surface area contributed by atoms with Crippen molar-refractivity contribution < 1.29 is 14.6 Å². The van der Waals surface area contributed by atoms with E-state index in [9.17, 15) is 4.79 Å². The number of esters is 1. The van der Waals surface area contributed by atoms with E-state index in [0.717, 1.165) is 12.8 Å². The molecule has 0 aromatic rings. The molecule has 1 saturated heterocycles. The summed E-state index contributed by atoms with van der Waals surface area (Å²) in [5.41, 5.74) is 0. The highest BCUT2D eigenvalue weighted by atomic mass is 16.5. The average molecular weight is 198 g/mol. The molecule has 0 aromatic carbocycles. The molecule has 3 heteroatoms. The van der Waals surface area contributed by atoms with Crippen LogP contribution in [0.2, 0.25) is 0 Å². The quantitative estimate of drug-likeness (QED) is 0.538. The van der Waals surface area contributed by atoms with E-state index in [4.69, 9.17) is 9.84 Å². The van der Waals surface area contributed by atoms with Crippen LogP contribution >= 0.6 is 0 Å². The Morgan fingerprint density at radius 2 is 2.50 bits per heavy atom. The molecule has 0 saturated carbocycles. The van der Waals surface area contributed by atoms with E-state index in [1.54, 1.807) is 0 Å². The van der Waals surface area contributed by atoms with Crippen molar-refractivity contribution in [2.75, 3.05) is 6.61 Å². The van der Waals surface area contributed by atoms with Crippen LogP contribution < -0.4 is 0 Å². The van der Waals surface area contributed by atoms with Crippen molar-refractivity contribution in [1.82, 2.24) is 0 Å². The number of carbonyl (C=O) groups excluding carboxylic acids is 1. The number of hydrogen-bond acceptors (Lipinski definition) is 3. The number of rotatable bonds is 5. The molecule has 1 aliphatic heterocycles. The van der Waals surface area contributed by atoms with Crippen LogP contribution in [0.1, 0.15) is 26.2 Å². The number of cyclic esters (lactones) is 1. The van der Waals surface area contributed by atoms with Gasteiger partial charge in [0.2, 0.25) is 0 Å². The van der Waals surface area contributed by atoms with Crippen molar-refractivity contribution in [2.45, 2.75) is 32.3 Å². The molecule has 1 aliphatic rings. The Hall–Kier alpha value is -0.830. The first-order chi connectivity index (χ1) is 6.67. The van der Waals surface area contributed by atoms with Gasteiger partial charge in [-0.1, -0.05) is 13.0 Å². The number of ether oxygens (including phenoxy) is 1. The molecule has 14 heavy (non-hydrogen) atoms. The normalized spacial score (nSPS) is 28.6. The first kappa shape index (κ1) is 11.2. The van der Waals surface area contributed by atoms with Gasteiger partial charge >= 0.3 is 5.97 Å². The fourth-order valence-electron chi connectivity index (χ4n) is 1.82. The highest BCUT2D eigenvalue weighted by molar-refractivity contribution is 5.72. The highest BCUT2D eigenvalue weighted by Gasteiger charge is 2.34. The van der Waals surface area contributed by atoms with E-state index >= 15 is 0 Å². The zero-order chi connectivity index (χ0) is 10.6. The van der Waals surface area contributed by atoms with Gasteiger partial charge in [-0.3, -0.25) is 4.79 Å². The summed E-state index contributed by atoms with van der Waals surface area (Å²) < 4.78 is 5.20. The fraction of sp³-hybridized carbons (Fsp3) is 0.727. The molecule has 0 aromatic heterocycles. The maximum Gasteiger partial charge on any atom is 0.306 e. The van der Waals surface area contributed by atoms with E-state index in [2.05, 4.69) is 6.58 Å². The molecule has 0 amide bonds. The van der Waals surface area contributed by atoms with E-state index in [0.29, 0.717) is 6.42 Å². The molecule has 0 aliphatic carbocycles. The summed E-state index contributed by atoms with van der Waals surface area (Å²) in [5, 5.41) is 8.92. The smallest absolute Gasteiger partial charge is 0.306 e. The molecule has 80 valence electrons. The Kier molecular flexibility index (Phi) is 4.14. The largest absolute Gasteiger partial charge is 0.462 e. The van der Waals surface area contributed by atoms with Crippen molar-refractivity contribution in [3.8, 4) is 0 Å². The van der Waals surface area contributed by atoms with Crippen molar-refractivity contribution in [3.05, 3.63) is 12.7 Å². The third-order valence-corrected chi connectivity index (χ3v) is 2.65. The molecule has 0 unspecified atom stereocenters. The van der Waals surface area contributed by atoms with Crippen LogP contribution in [0.4, 0.5) is 0 Å². The van der Waals surface area contributed by atoms with Crippen LogP contribution in [0, 0.1) is 11.8 Å². The molecule has 1 heterocycles. The molecule has 0 spiro atoms. The zero-order valence-electron chi connectivity index (χ0n) is 8.61. The average Bonchev–Trinajstić information content (AvgIpc) is 2.47. The minimum atomic E-state index is -0.119. The van der Waals surface area contributed by atoms with Gasteiger partial charge in [-0.25, -0.2) is 0 Å². The third kappa shape index (κ3) is 2.84. The van der Waals surface area contributed by atoms with Crippen LogP contribution in [0.15, 0.2) is 12.7 Å². The summed E-state index contributed by atoms with van der Waals surface area (Å²) in [5.74, 6) is 0.333. The van der Waals surface area contributed by atoms with Crippen molar-refractivity contribution in [3.63, 3.8) is 0 Å². The minimum absolute atomic E-state index is 0.0253. The second kappa shape index (κ2) is 5.15. The van der Waals surface area contributed by atoms with Gasteiger partial charge in [0.15, 0.2) is 0 Å². The Labute approximate surface area is 84.8 Å². The highest BCUT2D eigenvalue weighted by Crippen LogP contribution is 2.29. The summed E-state index contributed by atoms with van der Waals surface area (Å²) in [4.78, 5) is 11.1. The number of aliphatic hydroxyl groups is 1. The second-order valence-corrected chi connectivity index (χ2v) is 4.04. The molecule has 1 rings (SSSR count). The Bertz CT molecular complexity index is 213. The standard InChI is InChI=1S/C11H18O3/c1-3-4-9-6-11(13)14-10(9)5-8(2)7-12/h3,8-10,12H,1,4-7H2,2H3/t8-,9+,10-/m0/s1. The fourth-order valence-corrected chi connectivity index (χ4v) is 1.82. The first-order valence-corrected chi connectivity index (χ1v) is 5.08. The van der Waals surface area contributed by atoms with Gasteiger partial charge < -0.3 is 9.84 Å². The maximum absolute atomic E-state index is 11.1. The molecule has 1 fully saturated rings. The number of hydrogen-bond donors (Lipinski definition) is 1. The SMILES string of the molecule is C=CC[C@@H]1CC(=O)O[C@H]1C[C@H](C)CO. The lowest BCUT2D eigenvalue weighted by molar-refractivity contribution is -0.142. The maximum atomic E-state index is 11.1. The molecular formula is C11H18O3. The summed E-state index contributed by atoms with van der Waals surface area (Å²) in [6.07, 6.45) is 3.86. The van der Waals surface area contributed by atoms with Gasteiger partial charge in [0.1, 0.15) is 6.10 Å². The molecule has 3 nitrogen and oxygen atoms in total. The molecule has 0 bridgehead atoms. The van der Waals surface area contributed by atoms with Gasteiger partial charge in [0.05, 0.1) is 6.42 Å². The monoisotopic (exact) mass is 198 g/mol. The number of carbonyl (C=O) groups is 1. The molecule has 0 radical (unpaired) electrons. The van der Waals surface area contributed by atoms with E-state index in [1.807, 2.05) is 13.0 Å². The lowest BCUT2D eigenvalue weighted by Gasteiger charge is -2.18. The summed E-state index contributed by atoms with van der Waals surface area (Å²) in [7, 11) is 0. The van der Waals surface area contributed by atoms with Crippen LogP contribution in [0.5, 0.6) is 0 Å². The molecular weight excluding hydrogens is 180 g/mol. The van der Waals surface area contributed by atoms with Gasteiger partial charge in [-0.05, 0) is 18.8 Å². The zero-order valence-corrected chi connectivity index (χ0v) is 8.61. The van der Waals surface area contributed by atoms with E-state index in [-0.39, 0.29) is 30.5 Å². The van der Waals surface area contributed by atoms with Crippen molar-refractivity contribution >= 4 is 5.97 Å². The Morgan fingerprint density at radius 1 is 1.79 bits per heavy atom. The molecule has 3 atom stereocenters. The lowest BCUT2D eigenvalue weighted by Crippen LogP contribution is -2.20. The van der Waals surface area contributed by atoms with Crippen molar-refractivity contribution in [2.24, 2.45) is 11.8 Å². The summed E-state index contributed by atoms with van der Waals surface area (Å²) in [6, 6.07) is 0. The predicted molar refractivity (Wildman–Crippen MR) is 53.7 cm³/mol. The van der Waals surface area contributed by atoms with E-state index in [1.165, 1.54) is 0 Å². The topological polar surface area (TPSA) is 46.5 Å². The van der Waals surface area contributed by atoms with Gasteiger partial charge in [-0.15, -0.1) is 6.58 Å². The number of allylic oxidation sites excluding steroid dienone is 1. The summed E-state index contributed by atoms with van der Waals surface area (Å²) in [6.45, 7) is 5.77. The molecule has 1 N–H and O–H groups in total. The summed E-state index contributed by atoms with van der Waals surface area (Å²) >= 11 is 0. The van der Waals surface area contributed by atoms with Gasteiger partial charge in [0, 0.05) is 12.5 Å². The third-order valence-electron chi connectivity index (χ3n) is 2.65. The Balaban J connectivity index is 2.48. The van der Waals surface area contributed by atoms with Gasteiger partial charge in [0.25, 0.3) is 0 Å². The van der Waals surface area contributed by atoms with Crippen molar-refractivity contribution in [1.29, 1.82) is 0 Å². The van der Waals surface area contributed by atoms with Gasteiger partial charge in [-0.2, -0.15) is 0 Å². The van der Waals surface area contributed by atoms with Crippen LogP contribution in [0.3, 0.4) is 0 Å². The van der Waals surface area contributed by atoms with Crippen LogP contribution in [0.25, 0.3) is 0 Å². The lowest BCUT2D eigenvalue weighted by atomic mass is 9.91. The van der Waals surface area contributed by atoms with Crippen LogP contribution in [-0.2, 0) is 9.53 Å².